The third-order valence-corrected chi connectivity index (χ3v) is 1.61. The highest BCUT2D eigenvalue weighted by Crippen LogP contribution is 2.15. The average Bonchev–Trinajstić information content (AvgIpc) is 2.33. The summed E-state index contributed by atoms with van der Waals surface area (Å²) < 4.78 is 5.17. The van der Waals surface area contributed by atoms with Gasteiger partial charge >= 0.3 is 0 Å². The Hall–Kier alpha value is -1.24. The third-order valence-electron chi connectivity index (χ3n) is 1.61. The van der Waals surface area contributed by atoms with Crippen molar-refractivity contribution >= 4 is 11.0 Å². The maximum atomic E-state index is 5.17. The Morgan fingerprint density at radius 1 is 1.20 bits per heavy atom. The first-order valence-corrected chi connectivity index (χ1v) is 3.30. The van der Waals surface area contributed by atoms with Crippen LogP contribution >= 0.6 is 0 Å². The lowest BCUT2D eigenvalue weighted by Crippen LogP contribution is -1.67. The molecule has 0 bridgehead atoms. The van der Waals surface area contributed by atoms with E-state index in [1.54, 1.807) is 6.26 Å². The van der Waals surface area contributed by atoms with Crippen molar-refractivity contribution in [3.05, 3.63) is 36.1 Å². The van der Waals surface area contributed by atoms with Crippen LogP contribution in [0.3, 0.4) is 0 Å². The number of fused-ring (bicyclic) bond motifs is 1. The van der Waals surface area contributed by atoms with Crippen LogP contribution in [0.4, 0.5) is 0 Å². The van der Waals surface area contributed by atoms with Crippen molar-refractivity contribution in [1.29, 1.82) is 0 Å². The number of furan rings is 1. The lowest BCUT2D eigenvalue weighted by atomic mass is 10.2. The molecule has 0 saturated carbocycles. The lowest BCUT2D eigenvalue weighted by Gasteiger charge is -1.89. The molecule has 1 nitrogen and oxygen atoms in total. The summed E-state index contributed by atoms with van der Waals surface area (Å²) in [5, 5.41) is 1.18. The van der Waals surface area contributed by atoms with Crippen LogP contribution in [0.5, 0.6) is 0 Å². The molecule has 0 unspecified atom stereocenters. The van der Waals surface area contributed by atoms with Crippen molar-refractivity contribution in [2.75, 3.05) is 0 Å². The average molecular weight is 132 g/mol. The summed E-state index contributed by atoms with van der Waals surface area (Å²) in [7, 11) is 0. The summed E-state index contributed by atoms with van der Waals surface area (Å²) in [6.07, 6.45) is 1.71. The van der Waals surface area contributed by atoms with Crippen LogP contribution in [0.25, 0.3) is 11.0 Å². The fraction of sp³-hybridized carbons (Fsp3) is 0.111. The molecule has 2 aromatic rings. The van der Waals surface area contributed by atoms with Gasteiger partial charge in [0.25, 0.3) is 0 Å². The van der Waals surface area contributed by atoms with Crippen LogP contribution in [0.15, 0.2) is 34.9 Å². The van der Waals surface area contributed by atoms with E-state index >= 15 is 0 Å². The zero-order valence-electron chi connectivity index (χ0n) is 5.79. The quantitative estimate of drug-likeness (QED) is 0.537. The fourth-order valence-corrected chi connectivity index (χ4v) is 1.09. The van der Waals surface area contributed by atoms with Crippen LogP contribution in [0.1, 0.15) is 5.56 Å². The molecule has 0 aliphatic rings. The van der Waals surface area contributed by atoms with Gasteiger partial charge in [0, 0.05) is 5.39 Å². The van der Waals surface area contributed by atoms with Crippen molar-refractivity contribution in [3.63, 3.8) is 0 Å². The lowest BCUT2D eigenvalue weighted by molar-refractivity contribution is 0.616. The number of hydrogen-bond acceptors (Lipinski definition) is 1. The maximum absolute atomic E-state index is 5.17. The van der Waals surface area contributed by atoms with Gasteiger partial charge in [0.15, 0.2) is 0 Å². The number of aryl methyl sites for hydroxylation is 1. The van der Waals surface area contributed by atoms with Gasteiger partial charge in [-0.15, -0.1) is 0 Å². The molecule has 0 aliphatic heterocycles. The minimum Gasteiger partial charge on any atom is -0.464 e. The Bertz CT molecular complexity index is 346. The molecular weight excluding hydrogens is 124 g/mol. The van der Waals surface area contributed by atoms with Gasteiger partial charge in [-0.05, 0) is 25.1 Å². The zero-order valence-corrected chi connectivity index (χ0v) is 5.79. The molecular formula is C9H8O. The molecule has 2 rings (SSSR count). The van der Waals surface area contributed by atoms with Crippen LogP contribution in [0.2, 0.25) is 0 Å². The van der Waals surface area contributed by atoms with E-state index in [0.717, 1.165) is 5.58 Å². The Labute approximate surface area is 59.3 Å². The van der Waals surface area contributed by atoms with E-state index in [4.69, 9.17) is 4.42 Å². The molecule has 50 valence electrons. The second kappa shape index (κ2) is 1.87. The van der Waals surface area contributed by atoms with Crippen molar-refractivity contribution in [2.45, 2.75) is 6.92 Å². The Balaban J connectivity index is 2.86. The number of benzene rings is 1. The van der Waals surface area contributed by atoms with Gasteiger partial charge < -0.3 is 4.42 Å². The topological polar surface area (TPSA) is 13.1 Å². The molecule has 0 fully saturated rings. The van der Waals surface area contributed by atoms with Gasteiger partial charge in [0.05, 0.1) is 6.26 Å². The highest BCUT2D eigenvalue weighted by atomic mass is 16.3. The van der Waals surface area contributed by atoms with Crippen molar-refractivity contribution in [3.8, 4) is 0 Å². The first kappa shape index (κ1) is 5.54. The first-order valence-electron chi connectivity index (χ1n) is 3.30. The van der Waals surface area contributed by atoms with E-state index in [0.29, 0.717) is 0 Å². The summed E-state index contributed by atoms with van der Waals surface area (Å²) in [6.45, 7) is 2.08. The smallest absolute Gasteiger partial charge is 0.133 e. The fourth-order valence-electron chi connectivity index (χ4n) is 1.09. The molecule has 0 radical (unpaired) electrons. The predicted octanol–water partition coefficient (Wildman–Crippen LogP) is 2.74. The van der Waals surface area contributed by atoms with Gasteiger partial charge in [0.2, 0.25) is 0 Å². The van der Waals surface area contributed by atoms with Crippen molar-refractivity contribution in [2.24, 2.45) is 0 Å². The summed E-state index contributed by atoms with van der Waals surface area (Å²) in [6, 6.07) is 8.12. The van der Waals surface area contributed by atoms with Gasteiger partial charge in [-0.1, -0.05) is 11.6 Å². The normalized spacial score (nSPS) is 10.5. The minimum absolute atomic E-state index is 0.964. The van der Waals surface area contributed by atoms with Gasteiger partial charge in [-0.25, -0.2) is 0 Å². The van der Waals surface area contributed by atoms with Crippen LogP contribution in [-0.4, -0.2) is 0 Å². The van der Waals surface area contributed by atoms with Crippen molar-refractivity contribution < 1.29 is 4.42 Å². The molecule has 0 aliphatic carbocycles. The molecule has 0 atom stereocenters. The highest BCUT2D eigenvalue weighted by Gasteiger charge is 1.93. The number of rotatable bonds is 0. The Morgan fingerprint density at radius 3 is 3.00 bits per heavy atom. The highest BCUT2D eigenvalue weighted by molar-refractivity contribution is 5.77. The van der Waals surface area contributed by atoms with Crippen molar-refractivity contribution in [1.82, 2.24) is 0 Å². The second-order valence-electron chi connectivity index (χ2n) is 2.46. The molecule has 1 aromatic carbocycles. The van der Waals surface area contributed by atoms with Gasteiger partial charge in [0.1, 0.15) is 5.58 Å². The summed E-state index contributed by atoms with van der Waals surface area (Å²) in [5.41, 5.74) is 2.24. The van der Waals surface area contributed by atoms with E-state index in [1.807, 2.05) is 18.2 Å². The van der Waals surface area contributed by atoms with E-state index in [1.165, 1.54) is 10.9 Å². The molecule has 1 heteroatoms. The summed E-state index contributed by atoms with van der Waals surface area (Å²) in [4.78, 5) is 0. The Morgan fingerprint density at radius 2 is 2.10 bits per heavy atom. The monoisotopic (exact) mass is 132 g/mol. The largest absolute Gasteiger partial charge is 0.464 e. The minimum atomic E-state index is 0.964. The SMILES string of the molecule is Cc1ccc2occc2c1. The van der Waals surface area contributed by atoms with Gasteiger partial charge in [-0.2, -0.15) is 0 Å². The standard InChI is InChI=1S/C9H8O/c1-7-2-3-9-8(6-7)4-5-10-9/h2-6H,1H3. The van der Waals surface area contributed by atoms with Crippen LogP contribution in [0, 0.1) is 6.92 Å². The Kier molecular flexibility index (Phi) is 1.04. The van der Waals surface area contributed by atoms with E-state index < -0.39 is 0 Å². The van der Waals surface area contributed by atoms with E-state index in [-0.39, 0.29) is 0 Å². The van der Waals surface area contributed by atoms with Crippen LogP contribution < -0.4 is 0 Å². The summed E-state index contributed by atoms with van der Waals surface area (Å²) >= 11 is 0. The predicted molar refractivity (Wildman–Crippen MR) is 41.0 cm³/mol. The molecule has 0 amide bonds. The molecule has 1 heterocycles. The molecule has 0 N–H and O–H groups in total. The second-order valence-corrected chi connectivity index (χ2v) is 2.46. The third kappa shape index (κ3) is 0.711. The zero-order chi connectivity index (χ0) is 6.97. The number of hydrogen-bond donors (Lipinski definition) is 0. The molecule has 0 spiro atoms. The maximum Gasteiger partial charge on any atom is 0.133 e. The van der Waals surface area contributed by atoms with Gasteiger partial charge in [-0.3, -0.25) is 0 Å². The molecule has 1 aromatic heterocycles. The van der Waals surface area contributed by atoms with Crippen LogP contribution in [-0.2, 0) is 0 Å². The summed E-state index contributed by atoms with van der Waals surface area (Å²) in [5.74, 6) is 0. The molecule has 0 saturated heterocycles. The van der Waals surface area contributed by atoms with E-state index in [2.05, 4.69) is 13.0 Å². The van der Waals surface area contributed by atoms with E-state index in [9.17, 15) is 0 Å². The first-order chi connectivity index (χ1) is 4.86. The molecule has 10 heavy (non-hydrogen) atoms.